The van der Waals surface area contributed by atoms with E-state index in [1.807, 2.05) is 0 Å². The van der Waals surface area contributed by atoms with Gasteiger partial charge in [0, 0.05) is 5.71 Å². The largest absolute Gasteiger partial charge is 0.469 e. The topological polar surface area (TPSA) is 127 Å². The molecule has 1 aromatic heterocycles. The summed E-state index contributed by atoms with van der Waals surface area (Å²) < 4.78 is 5.04. The quantitative estimate of drug-likeness (QED) is 0.546. The second-order valence-corrected chi connectivity index (χ2v) is 5.31. The predicted octanol–water partition coefficient (Wildman–Crippen LogP) is 1.82. The highest BCUT2D eigenvalue weighted by atomic mass is 16.3. The summed E-state index contributed by atoms with van der Waals surface area (Å²) in [7, 11) is 0. The third-order valence-electron chi connectivity index (χ3n) is 3.33. The minimum atomic E-state index is -0.635. The number of hydrogen-bond donors (Lipinski definition) is 3. The molecule has 3 amide bonds. The van der Waals surface area contributed by atoms with Gasteiger partial charge in [-0.25, -0.2) is 5.43 Å². The lowest BCUT2D eigenvalue weighted by atomic mass is 10.1. The first kappa shape index (κ1) is 17.9. The number of furan rings is 1. The Labute approximate surface area is 144 Å². The van der Waals surface area contributed by atoms with Crippen molar-refractivity contribution in [1.82, 2.24) is 5.43 Å². The van der Waals surface area contributed by atoms with E-state index in [1.165, 1.54) is 18.4 Å². The van der Waals surface area contributed by atoms with Gasteiger partial charge in [-0.2, -0.15) is 5.10 Å². The molecule has 4 N–H and O–H groups in total. The van der Waals surface area contributed by atoms with Gasteiger partial charge in [-0.15, -0.1) is 0 Å². The molecule has 0 aliphatic rings. The van der Waals surface area contributed by atoms with Gasteiger partial charge in [0.1, 0.15) is 5.76 Å². The number of hydrazone groups is 1. The van der Waals surface area contributed by atoms with Gasteiger partial charge < -0.3 is 15.5 Å². The summed E-state index contributed by atoms with van der Waals surface area (Å²) in [5.41, 5.74) is 8.93. The SMILES string of the molecule is CC(CC(=O)Nc1ccccc1C(N)=O)=NNC(=O)c1ccoc1C. The first-order valence-electron chi connectivity index (χ1n) is 7.44. The number of hydrogen-bond acceptors (Lipinski definition) is 5. The number of carbonyl (C=O) groups is 3. The van der Waals surface area contributed by atoms with Crippen LogP contribution in [0, 0.1) is 6.92 Å². The van der Waals surface area contributed by atoms with Crippen molar-refractivity contribution in [2.45, 2.75) is 20.3 Å². The van der Waals surface area contributed by atoms with E-state index < -0.39 is 11.8 Å². The van der Waals surface area contributed by atoms with Crippen molar-refractivity contribution in [2.75, 3.05) is 5.32 Å². The number of aryl methyl sites for hydroxylation is 1. The molecule has 2 rings (SSSR count). The van der Waals surface area contributed by atoms with Crippen LogP contribution in [0.3, 0.4) is 0 Å². The molecule has 0 aliphatic heterocycles. The number of primary amides is 1. The molecule has 1 aromatic carbocycles. The third kappa shape index (κ3) is 4.77. The highest BCUT2D eigenvalue weighted by Crippen LogP contribution is 2.14. The maximum absolute atomic E-state index is 12.1. The average Bonchev–Trinajstić information content (AvgIpc) is 2.99. The van der Waals surface area contributed by atoms with Crippen LogP contribution in [0.1, 0.15) is 39.8 Å². The van der Waals surface area contributed by atoms with E-state index in [-0.39, 0.29) is 17.9 Å². The van der Waals surface area contributed by atoms with Crippen molar-refractivity contribution in [2.24, 2.45) is 10.8 Å². The fourth-order valence-corrected chi connectivity index (χ4v) is 2.10. The minimum absolute atomic E-state index is 0.0578. The lowest BCUT2D eigenvalue weighted by Gasteiger charge is -2.08. The molecule has 0 bridgehead atoms. The van der Waals surface area contributed by atoms with E-state index >= 15 is 0 Å². The second kappa shape index (κ2) is 7.91. The molecule has 0 aliphatic carbocycles. The molecule has 0 atom stereocenters. The van der Waals surface area contributed by atoms with E-state index in [4.69, 9.17) is 10.2 Å². The molecule has 0 saturated heterocycles. The Balaban J connectivity index is 1.95. The van der Waals surface area contributed by atoms with Crippen LogP contribution < -0.4 is 16.5 Å². The molecular formula is C17H18N4O4. The number of para-hydroxylation sites is 1. The summed E-state index contributed by atoms with van der Waals surface area (Å²) in [5, 5.41) is 6.48. The summed E-state index contributed by atoms with van der Waals surface area (Å²) >= 11 is 0. The average molecular weight is 342 g/mol. The van der Waals surface area contributed by atoms with Gasteiger partial charge >= 0.3 is 0 Å². The standard InChI is InChI=1S/C17H18N4O4/c1-10(20-21-17(24)12-7-8-25-11(12)2)9-15(22)19-14-6-4-3-5-13(14)16(18)23/h3-8H,9H2,1-2H3,(H2,18,23)(H,19,22)(H,21,24). The molecule has 8 nitrogen and oxygen atoms in total. The van der Waals surface area contributed by atoms with Crippen LogP contribution >= 0.6 is 0 Å². The maximum Gasteiger partial charge on any atom is 0.274 e. The molecule has 130 valence electrons. The third-order valence-corrected chi connectivity index (χ3v) is 3.33. The van der Waals surface area contributed by atoms with Crippen molar-refractivity contribution < 1.29 is 18.8 Å². The van der Waals surface area contributed by atoms with Gasteiger partial charge in [-0.05, 0) is 32.0 Å². The number of carbonyl (C=O) groups excluding carboxylic acids is 3. The summed E-state index contributed by atoms with van der Waals surface area (Å²) in [6.45, 7) is 3.26. The second-order valence-electron chi connectivity index (χ2n) is 5.31. The lowest BCUT2D eigenvalue weighted by Crippen LogP contribution is -2.22. The van der Waals surface area contributed by atoms with Crippen LogP contribution in [0.25, 0.3) is 0 Å². The number of amides is 3. The number of nitrogens with two attached hydrogens (primary N) is 1. The first-order chi connectivity index (χ1) is 11.9. The summed E-state index contributed by atoms with van der Waals surface area (Å²) in [4.78, 5) is 35.3. The molecule has 1 heterocycles. The van der Waals surface area contributed by atoms with Crippen LogP contribution in [-0.4, -0.2) is 23.4 Å². The molecular weight excluding hydrogens is 324 g/mol. The Kier molecular flexibility index (Phi) is 5.67. The van der Waals surface area contributed by atoms with Gasteiger partial charge in [0.15, 0.2) is 0 Å². The van der Waals surface area contributed by atoms with Crippen molar-refractivity contribution in [1.29, 1.82) is 0 Å². The number of nitrogens with one attached hydrogen (secondary N) is 2. The summed E-state index contributed by atoms with van der Waals surface area (Å²) in [6.07, 6.45) is 1.35. The van der Waals surface area contributed by atoms with E-state index in [0.29, 0.717) is 22.7 Å². The van der Waals surface area contributed by atoms with Crippen LogP contribution in [0.2, 0.25) is 0 Å². The fraction of sp³-hybridized carbons (Fsp3) is 0.176. The van der Waals surface area contributed by atoms with Crippen molar-refractivity contribution in [3.63, 3.8) is 0 Å². The van der Waals surface area contributed by atoms with E-state index in [0.717, 1.165) is 0 Å². The van der Waals surface area contributed by atoms with Gasteiger partial charge in [-0.1, -0.05) is 12.1 Å². The monoisotopic (exact) mass is 342 g/mol. The highest BCUT2D eigenvalue weighted by molar-refractivity contribution is 6.09. The van der Waals surface area contributed by atoms with E-state index in [9.17, 15) is 14.4 Å². The first-order valence-corrected chi connectivity index (χ1v) is 7.44. The van der Waals surface area contributed by atoms with Gasteiger partial charge in [0.25, 0.3) is 11.8 Å². The van der Waals surface area contributed by atoms with Crippen LogP contribution in [0.4, 0.5) is 5.69 Å². The predicted molar refractivity (Wildman–Crippen MR) is 92.2 cm³/mol. The van der Waals surface area contributed by atoms with E-state index in [1.54, 1.807) is 32.0 Å². The smallest absolute Gasteiger partial charge is 0.274 e. The van der Waals surface area contributed by atoms with Crippen molar-refractivity contribution in [3.8, 4) is 0 Å². The summed E-state index contributed by atoms with van der Waals surface area (Å²) in [5.74, 6) is -0.969. The normalized spacial score (nSPS) is 11.0. The lowest BCUT2D eigenvalue weighted by molar-refractivity contribution is -0.115. The fourth-order valence-electron chi connectivity index (χ4n) is 2.10. The number of rotatable bonds is 6. The van der Waals surface area contributed by atoms with Crippen LogP contribution in [0.5, 0.6) is 0 Å². The van der Waals surface area contributed by atoms with E-state index in [2.05, 4.69) is 15.8 Å². The number of nitrogens with zero attached hydrogens (tertiary/aromatic N) is 1. The molecule has 0 unspecified atom stereocenters. The van der Waals surface area contributed by atoms with Crippen molar-refractivity contribution >= 4 is 29.1 Å². The van der Waals surface area contributed by atoms with Gasteiger partial charge in [0.05, 0.1) is 29.5 Å². The zero-order valence-electron chi connectivity index (χ0n) is 13.8. The number of benzene rings is 1. The molecule has 2 aromatic rings. The molecule has 25 heavy (non-hydrogen) atoms. The Morgan fingerprint density at radius 1 is 1.16 bits per heavy atom. The Bertz CT molecular complexity index is 839. The van der Waals surface area contributed by atoms with Crippen LogP contribution in [-0.2, 0) is 4.79 Å². The van der Waals surface area contributed by atoms with Gasteiger partial charge in [0.2, 0.25) is 5.91 Å². The molecule has 0 saturated carbocycles. The highest BCUT2D eigenvalue weighted by Gasteiger charge is 2.13. The molecule has 0 fully saturated rings. The van der Waals surface area contributed by atoms with Crippen molar-refractivity contribution in [3.05, 3.63) is 53.5 Å². The molecule has 0 radical (unpaired) electrons. The zero-order valence-corrected chi connectivity index (χ0v) is 13.8. The Morgan fingerprint density at radius 3 is 2.52 bits per heavy atom. The maximum atomic E-state index is 12.1. The Morgan fingerprint density at radius 2 is 1.88 bits per heavy atom. The molecule has 8 heteroatoms. The number of anilines is 1. The molecule has 0 spiro atoms. The Hall–Kier alpha value is -3.42. The zero-order chi connectivity index (χ0) is 18.4. The summed E-state index contributed by atoms with van der Waals surface area (Å²) in [6, 6.07) is 7.95. The van der Waals surface area contributed by atoms with Gasteiger partial charge in [-0.3, -0.25) is 14.4 Å². The van der Waals surface area contributed by atoms with Crippen LogP contribution in [0.15, 0.2) is 46.1 Å². The minimum Gasteiger partial charge on any atom is -0.469 e.